The normalized spacial score (nSPS) is 18.4. The summed E-state index contributed by atoms with van der Waals surface area (Å²) in [5.41, 5.74) is 1.41. The molecule has 0 radical (unpaired) electrons. The van der Waals surface area contributed by atoms with Gasteiger partial charge in [0.15, 0.2) is 5.82 Å². The van der Waals surface area contributed by atoms with Crippen molar-refractivity contribution in [1.82, 2.24) is 29.7 Å². The molecule has 0 bridgehead atoms. The summed E-state index contributed by atoms with van der Waals surface area (Å²) < 4.78 is 7.26. The zero-order valence-electron chi connectivity index (χ0n) is 16.6. The smallest absolute Gasteiger partial charge is 0.257 e. The average Bonchev–Trinajstić information content (AvgIpc) is 3.27. The fourth-order valence-corrected chi connectivity index (χ4v) is 3.89. The SMILES string of the molecule is CCn1cc(C(=O)N2CC(c3nc(C4CCN(C(C)=O)CC4)no3)C2)c(C)n1. The van der Waals surface area contributed by atoms with Gasteiger partial charge in [-0.15, -0.1) is 0 Å². The van der Waals surface area contributed by atoms with Crippen LogP contribution in [0.15, 0.2) is 10.7 Å². The number of piperidine rings is 1. The lowest BCUT2D eigenvalue weighted by Gasteiger charge is -2.37. The first-order chi connectivity index (χ1) is 13.5. The van der Waals surface area contributed by atoms with Crippen LogP contribution in [-0.4, -0.2) is 67.7 Å². The van der Waals surface area contributed by atoms with Crippen molar-refractivity contribution in [3.05, 3.63) is 29.2 Å². The van der Waals surface area contributed by atoms with Gasteiger partial charge in [0.05, 0.1) is 17.2 Å². The van der Waals surface area contributed by atoms with Gasteiger partial charge in [-0.1, -0.05) is 5.16 Å². The highest BCUT2D eigenvalue weighted by molar-refractivity contribution is 5.95. The summed E-state index contributed by atoms with van der Waals surface area (Å²) >= 11 is 0. The van der Waals surface area contributed by atoms with Crippen LogP contribution in [0.2, 0.25) is 0 Å². The minimum Gasteiger partial charge on any atom is -0.343 e. The first kappa shape index (κ1) is 18.6. The Bertz CT molecular complexity index is 874. The molecule has 28 heavy (non-hydrogen) atoms. The average molecular weight is 386 g/mol. The molecule has 2 fully saturated rings. The largest absolute Gasteiger partial charge is 0.343 e. The highest BCUT2D eigenvalue weighted by Crippen LogP contribution is 2.31. The van der Waals surface area contributed by atoms with Crippen LogP contribution >= 0.6 is 0 Å². The Labute approximate surface area is 163 Å². The van der Waals surface area contributed by atoms with Crippen molar-refractivity contribution >= 4 is 11.8 Å². The Hall–Kier alpha value is -2.71. The van der Waals surface area contributed by atoms with Gasteiger partial charge in [0.25, 0.3) is 5.91 Å². The summed E-state index contributed by atoms with van der Waals surface area (Å²) in [7, 11) is 0. The van der Waals surface area contributed by atoms with E-state index in [1.165, 1.54) is 0 Å². The monoisotopic (exact) mass is 386 g/mol. The first-order valence-corrected chi connectivity index (χ1v) is 9.88. The van der Waals surface area contributed by atoms with Crippen molar-refractivity contribution in [1.29, 1.82) is 0 Å². The van der Waals surface area contributed by atoms with Gasteiger partial charge >= 0.3 is 0 Å². The van der Waals surface area contributed by atoms with Crippen LogP contribution in [0.3, 0.4) is 0 Å². The summed E-state index contributed by atoms with van der Waals surface area (Å²) in [6.45, 7) is 8.84. The number of hydrogen-bond donors (Lipinski definition) is 0. The van der Waals surface area contributed by atoms with E-state index in [2.05, 4.69) is 15.2 Å². The Morgan fingerprint density at radius 2 is 1.89 bits per heavy atom. The molecule has 150 valence electrons. The molecule has 0 N–H and O–H groups in total. The molecule has 4 heterocycles. The van der Waals surface area contributed by atoms with Crippen molar-refractivity contribution in [3.63, 3.8) is 0 Å². The Morgan fingerprint density at radius 3 is 2.50 bits per heavy atom. The van der Waals surface area contributed by atoms with Crippen molar-refractivity contribution in [2.45, 2.75) is 52.0 Å². The van der Waals surface area contributed by atoms with Crippen LogP contribution in [0.5, 0.6) is 0 Å². The van der Waals surface area contributed by atoms with Crippen molar-refractivity contribution in [3.8, 4) is 0 Å². The molecule has 2 saturated heterocycles. The number of hydrogen-bond acceptors (Lipinski definition) is 6. The molecule has 0 aromatic carbocycles. The fraction of sp³-hybridized carbons (Fsp3) is 0.632. The summed E-state index contributed by atoms with van der Waals surface area (Å²) in [5, 5.41) is 8.51. The molecule has 2 aromatic heterocycles. The van der Waals surface area contributed by atoms with Gasteiger partial charge in [-0.05, 0) is 26.7 Å². The van der Waals surface area contributed by atoms with Gasteiger partial charge in [0.1, 0.15) is 0 Å². The molecule has 2 aromatic rings. The van der Waals surface area contributed by atoms with Crippen molar-refractivity contribution in [2.75, 3.05) is 26.2 Å². The molecule has 4 rings (SSSR count). The number of carbonyl (C=O) groups excluding carboxylic acids is 2. The van der Waals surface area contributed by atoms with E-state index < -0.39 is 0 Å². The maximum Gasteiger partial charge on any atom is 0.257 e. The number of nitrogens with zero attached hydrogens (tertiary/aromatic N) is 6. The summed E-state index contributed by atoms with van der Waals surface area (Å²) in [6.07, 6.45) is 3.52. The van der Waals surface area contributed by atoms with E-state index in [-0.39, 0.29) is 23.7 Å². The molecule has 0 aliphatic carbocycles. The zero-order valence-corrected chi connectivity index (χ0v) is 16.6. The van der Waals surface area contributed by atoms with E-state index in [1.807, 2.05) is 24.9 Å². The lowest BCUT2D eigenvalue weighted by Crippen LogP contribution is -2.48. The fourth-order valence-electron chi connectivity index (χ4n) is 3.89. The predicted octanol–water partition coefficient (Wildman–Crippen LogP) is 1.56. The van der Waals surface area contributed by atoms with Crippen LogP contribution in [0, 0.1) is 6.92 Å². The minimum absolute atomic E-state index is 0.00444. The minimum atomic E-state index is 0.00444. The number of aryl methyl sites for hydroxylation is 2. The van der Waals surface area contributed by atoms with Crippen molar-refractivity contribution in [2.24, 2.45) is 0 Å². The second-order valence-corrected chi connectivity index (χ2v) is 7.66. The topological polar surface area (TPSA) is 97.4 Å². The summed E-state index contributed by atoms with van der Waals surface area (Å²) in [6, 6.07) is 0. The third-order valence-corrected chi connectivity index (χ3v) is 5.78. The standard InChI is InChI=1S/C19H26N6O3/c1-4-25-11-16(12(2)21-25)19(27)24-9-15(10-24)18-20-17(22-28-18)14-5-7-23(8-6-14)13(3)26/h11,14-15H,4-10H2,1-3H3. The van der Waals surface area contributed by atoms with Crippen LogP contribution in [-0.2, 0) is 11.3 Å². The summed E-state index contributed by atoms with van der Waals surface area (Å²) in [5.74, 6) is 1.77. The van der Waals surface area contributed by atoms with Crippen molar-refractivity contribution < 1.29 is 14.1 Å². The number of likely N-dealkylation sites (tertiary alicyclic amines) is 2. The maximum absolute atomic E-state index is 12.7. The van der Waals surface area contributed by atoms with E-state index in [0.717, 1.165) is 44.0 Å². The van der Waals surface area contributed by atoms with Gasteiger partial charge in [0.2, 0.25) is 11.8 Å². The Morgan fingerprint density at radius 1 is 1.18 bits per heavy atom. The number of rotatable bonds is 4. The molecule has 0 saturated carbocycles. The number of aromatic nitrogens is 4. The van der Waals surface area contributed by atoms with Crippen LogP contribution < -0.4 is 0 Å². The van der Waals surface area contributed by atoms with E-state index >= 15 is 0 Å². The third-order valence-electron chi connectivity index (χ3n) is 5.78. The highest BCUT2D eigenvalue weighted by atomic mass is 16.5. The van der Waals surface area contributed by atoms with Crippen LogP contribution in [0.4, 0.5) is 0 Å². The van der Waals surface area contributed by atoms with Gasteiger partial charge in [0, 0.05) is 51.8 Å². The van der Waals surface area contributed by atoms with Gasteiger partial charge in [-0.3, -0.25) is 14.3 Å². The molecular weight excluding hydrogens is 360 g/mol. The number of amides is 2. The molecule has 9 heteroatoms. The highest BCUT2D eigenvalue weighted by Gasteiger charge is 2.37. The lowest BCUT2D eigenvalue weighted by atomic mass is 9.95. The van der Waals surface area contributed by atoms with E-state index in [1.54, 1.807) is 16.5 Å². The molecule has 0 spiro atoms. The zero-order chi connectivity index (χ0) is 19.8. The van der Waals surface area contributed by atoms with Gasteiger partial charge in [-0.2, -0.15) is 10.1 Å². The second-order valence-electron chi connectivity index (χ2n) is 7.66. The molecule has 0 unspecified atom stereocenters. The molecule has 2 aliphatic rings. The van der Waals surface area contributed by atoms with E-state index in [4.69, 9.17) is 4.52 Å². The molecule has 2 aliphatic heterocycles. The van der Waals surface area contributed by atoms with E-state index in [0.29, 0.717) is 24.5 Å². The number of carbonyl (C=O) groups is 2. The Balaban J connectivity index is 1.33. The molecular formula is C19H26N6O3. The second kappa shape index (κ2) is 7.37. The first-order valence-electron chi connectivity index (χ1n) is 9.88. The molecule has 9 nitrogen and oxygen atoms in total. The van der Waals surface area contributed by atoms with Crippen LogP contribution in [0.1, 0.15) is 66.3 Å². The molecule has 2 amide bonds. The van der Waals surface area contributed by atoms with Crippen LogP contribution in [0.25, 0.3) is 0 Å². The van der Waals surface area contributed by atoms with Gasteiger partial charge < -0.3 is 14.3 Å². The molecule has 0 atom stereocenters. The summed E-state index contributed by atoms with van der Waals surface area (Å²) in [4.78, 5) is 32.4. The van der Waals surface area contributed by atoms with E-state index in [9.17, 15) is 9.59 Å². The van der Waals surface area contributed by atoms with Gasteiger partial charge in [-0.25, -0.2) is 0 Å². The third kappa shape index (κ3) is 3.41. The Kier molecular flexibility index (Phi) is 4.91. The lowest BCUT2D eigenvalue weighted by molar-refractivity contribution is -0.129. The quantitative estimate of drug-likeness (QED) is 0.791. The predicted molar refractivity (Wildman–Crippen MR) is 99.8 cm³/mol. The maximum atomic E-state index is 12.7.